The molecule has 2 heterocycles. The van der Waals surface area contributed by atoms with Crippen LogP contribution in [0.3, 0.4) is 0 Å². The molecule has 0 atom stereocenters. The monoisotopic (exact) mass is 538 g/mol. The zero-order chi connectivity index (χ0) is 19.7. The molecule has 0 saturated heterocycles. The molecule has 7 nitrogen and oxygen atoms in total. The molecule has 0 spiro atoms. The minimum atomic E-state index is -3.28. The molecule has 1 amide bonds. The number of benzene rings is 1. The fourth-order valence-corrected chi connectivity index (χ4v) is 11.6. The second-order valence-corrected chi connectivity index (χ2v) is 17.0. The third-order valence-electron chi connectivity index (χ3n) is 4.39. The van der Waals surface area contributed by atoms with Gasteiger partial charge in [-0.15, -0.1) is 0 Å². The SMILES string of the molecule is O=C(NC1=[CH][In]([c]2nccs2)[N]=C1)c1cc(CNS(=O)(=O)C2CC2)ccc1Cl. The molecule has 2 N–H and O–H groups in total. The molecule has 1 aliphatic heterocycles. The van der Waals surface area contributed by atoms with Crippen molar-refractivity contribution in [2.24, 2.45) is 2.98 Å². The molecule has 11 heteroatoms. The third kappa shape index (κ3) is 4.68. The van der Waals surface area contributed by atoms with E-state index in [1.807, 2.05) is 9.21 Å². The Bertz CT molecular complexity index is 1070. The first kappa shape index (κ1) is 20.1. The number of nitrogens with zero attached hydrogens (tertiary/aromatic N) is 2. The van der Waals surface area contributed by atoms with E-state index < -0.39 is 31.7 Å². The maximum atomic E-state index is 12.7. The molecule has 0 bridgehead atoms. The Kier molecular flexibility index (Phi) is 5.93. The summed E-state index contributed by atoms with van der Waals surface area (Å²) in [6.07, 6.45) is 4.85. The third-order valence-corrected chi connectivity index (χ3v) is 15.1. The van der Waals surface area contributed by atoms with Gasteiger partial charge in [-0.25, -0.2) is 0 Å². The number of thiazole rings is 1. The first-order chi connectivity index (χ1) is 13.4. The minimum absolute atomic E-state index is 0.128. The van der Waals surface area contributed by atoms with Gasteiger partial charge in [-0.3, -0.25) is 0 Å². The van der Waals surface area contributed by atoms with Gasteiger partial charge in [0.05, 0.1) is 0 Å². The Morgan fingerprint density at radius 2 is 2.18 bits per heavy atom. The Balaban J connectivity index is 1.44. The predicted octanol–water partition coefficient (Wildman–Crippen LogP) is 1.51. The van der Waals surface area contributed by atoms with Crippen LogP contribution in [0.1, 0.15) is 28.8 Å². The Morgan fingerprint density at radius 3 is 2.89 bits per heavy atom. The van der Waals surface area contributed by atoms with Crippen LogP contribution in [0.4, 0.5) is 0 Å². The van der Waals surface area contributed by atoms with Crippen LogP contribution < -0.4 is 12.8 Å². The topological polar surface area (TPSA) is 101 Å². The summed E-state index contributed by atoms with van der Waals surface area (Å²) in [4.78, 5) is 17.0. The first-order valence-electron chi connectivity index (χ1n) is 8.65. The van der Waals surface area contributed by atoms with E-state index in [1.54, 1.807) is 41.9 Å². The summed E-state index contributed by atoms with van der Waals surface area (Å²) in [6.45, 7) is 0.128. The molecule has 2 aliphatic rings. The van der Waals surface area contributed by atoms with E-state index in [9.17, 15) is 13.2 Å². The molecule has 1 aromatic heterocycles. The average molecular weight is 539 g/mol. The van der Waals surface area contributed by atoms with E-state index in [0.29, 0.717) is 34.7 Å². The molecule has 28 heavy (non-hydrogen) atoms. The fraction of sp³-hybridized carbons (Fsp3) is 0.235. The van der Waals surface area contributed by atoms with Gasteiger partial charge in [-0.2, -0.15) is 0 Å². The van der Waals surface area contributed by atoms with Crippen molar-refractivity contribution in [3.8, 4) is 0 Å². The summed E-state index contributed by atoms with van der Waals surface area (Å²) in [5.74, 6) is -0.347. The van der Waals surface area contributed by atoms with E-state index in [1.165, 1.54) is 0 Å². The predicted molar refractivity (Wildman–Crippen MR) is 112 cm³/mol. The molecule has 1 aromatic carbocycles. The number of nitrogens with one attached hydrogen (secondary N) is 2. The summed E-state index contributed by atoms with van der Waals surface area (Å²) in [5.41, 5.74) is 1.64. The molecule has 0 unspecified atom stereocenters. The number of allylic oxidation sites excluding steroid dienone is 1. The molecule has 1 saturated carbocycles. The number of sulfonamides is 1. The van der Waals surface area contributed by atoms with Gasteiger partial charge in [-0.1, -0.05) is 0 Å². The number of rotatable bonds is 7. The van der Waals surface area contributed by atoms with E-state index in [0.717, 1.165) is 2.76 Å². The van der Waals surface area contributed by atoms with Gasteiger partial charge < -0.3 is 0 Å². The van der Waals surface area contributed by atoms with Crippen LogP contribution in [0.2, 0.25) is 5.02 Å². The summed E-state index contributed by atoms with van der Waals surface area (Å²) in [7, 11) is -3.28. The van der Waals surface area contributed by atoms with Crippen LogP contribution in [0.25, 0.3) is 0 Å². The van der Waals surface area contributed by atoms with Gasteiger partial charge in [0.15, 0.2) is 0 Å². The van der Waals surface area contributed by atoms with Crippen molar-refractivity contribution >= 4 is 69.6 Å². The van der Waals surface area contributed by atoms with Gasteiger partial charge in [0.2, 0.25) is 0 Å². The van der Waals surface area contributed by atoms with Crippen LogP contribution in [-0.4, -0.2) is 52.5 Å². The van der Waals surface area contributed by atoms with E-state index >= 15 is 0 Å². The second-order valence-electron chi connectivity index (χ2n) is 6.55. The summed E-state index contributed by atoms with van der Waals surface area (Å²) in [6, 6.07) is 4.92. The maximum absolute atomic E-state index is 12.7. The van der Waals surface area contributed by atoms with Crippen molar-refractivity contribution in [1.29, 1.82) is 0 Å². The molecule has 144 valence electrons. The van der Waals surface area contributed by atoms with Crippen molar-refractivity contribution in [2.45, 2.75) is 24.6 Å². The van der Waals surface area contributed by atoms with Crippen molar-refractivity contribution in [3.05, 3.63) is 55.5 Å². The van der Waals surface area contributed by atoms with Crippen LogP contribution in [0.5, 0.6) is 0 Å². The summed E-state index contributed by atoms with van der Waals surface area (Å²) in [5, 5.41) is 4.78. The standard InChI is InChI=1S/C14H14ClN3O3S.C3H2NS.In/c1-9(7-16)18-14(19)12-6-10(2-5-13(12)15)8-17-22(20,21)11-3-4-11;1-2-5-3-4-1;/h1-2,5-7,11,17H,3-4,8H2,(H,18,19);1-2H;/q-1;;+1. The summed E-state index contributed by atoms with van der Waals surface area (Å²) >= 11 is 5.36. The Morgan fingerprint density at radius 1 is 1.36 bits per heavy atom. The first-order valence-corrected chi connectivity index (χ1v) is 16.5. The van der Waals surface area contributed by atoms with E-state index in [4.69, 9.17) is 11.6 Å². The number of carbonyl (C=O) groups excluding carboxylic acids is 1. The molecular weight excluding hydrogens is 523 g/mol. The molecule has 1 fully saturated rings. The molecule has 0 radical (unpaired) electrons. The molecule has 2 aromatic rings. The molecule has 4 rings (SSSR count). The van der Waals surface area contributed by atoms with Crippen molar-refractivity contribution in [1.82, 2.24) is 15.0 Å². The number of hydrogen-bond donors (Lipinski definition) is 2. The number of carbonyl (C=O) groups is 1. The van der Waals surface area contributed by atoms with Crippen LogP contribution >= 0.6 is 22.9 Å². The van der Waals surface area contributed by atoms with Gasteiger partial charge in [0, 0.05) is 0 Å². The van der Waals surface area contributed by atoms with Crippen LogP contribution in [-0.2, 0) is 16.6 Å². The molecule has 1 aliphatic carbocycles. The van der Waals surface area contributed by atoms with Gasteiger partial charge >= 0.3 is 181 Å². The number of hydrogen-bond acceptors (Lipinski definition) is 6. The van der Waals surface area contributed by atoms with Gasteiger partial charge in [-0.05, 0) is 0 Å². The van der Waals surface area contributed by atoms with Gasteiger partial charge in [0.1, 0.15) is 0 Å². The average Bonchev–Trinajstić information content (AvgIpc) is 3.21. The van der Waals surface area contributed by atoms with Crippen LogP contribution in [0, 0.1) is 0 Å². The Hall–Kier alpha value is -1.20. The second kappa shape index (κ2) is 8.27. The van der Waals surface area contributed by atoms with Gasteiger partial charge in [0.25, 0.3) is 0 Å². The normalized spacial score (nSPS) is 16.3. The zero-order valence-corrected chi connectivity index (χ0v) is 20.3. The van der Waals surface area contributed by atoms with E-state index in [-0.39, 0.29) is 17.7 Å². The fourth-order valence-electron chi connectivity index (χ4n) is 2.74. The van der Waals surface area contributed by atoms with Crippen molar-refractivity contribution < 1.29 is 13.2 Å². The number of halogens is 1. The van der Waals surface area contributed by atoms with Crippen LogP contribution in [0.15, 0.2) is 42.3 Å². The Labute approximate surface area is 179 Å². The quantitative estimate of drug-likeness (QED) is 0.558. The van der Waals surface area contributed by atoms with Crippen molar-refractivity contribution in [2.75, 3.05) is 0 Å². The number of aromatic nitrogens is 1. The summed E-state index contributed by atoms with van der Waals surface area (Å²) < 4.78 is 34.2. The van der Waals surface area contributed by atoms with Crippen molar-refractivity contribution in [3.63, 3.8) is 0 Å². The molecular formula is C17H16ClInN4O3S2. The number of amides is 1. The van der Waals surface area contributed by atoms with E-state index in [2.05, 4.69) is 18.0 Å². The zero-order valence-electron chi connectivity index (χ0n) is 14.6.